The molecule has 5 heteroatoms. The molecule has 0 N–H and O–H groups in total. The minimum absolute atomic E-state index is 0.115. The first-order valence-electron chi connectivity index (χ1n) is 7.61. The van der Waals surface area contributed by atoms with Gasteiger partial charge in [-0.15, -0.1) is 0 Å². The van der Waals surface area contributed by atoms with Gasteiger partial charge >= 0.3 is 0 Å². The summed E-state index contributed by atoms with van der Waals surface area (Å²) in [5.74, 6) is -1.07. The first-order valence-corrected chi connectivity index (χ1v) is 7.61. The molecular formula is C20H11NO4. The topological polar surface area (TPSA) is 84.2 Å². The third-order valence-corrected chi connectivity index (χ3v) is 4.16. The van der Waals surface area contributed by atoms with Gasteiger partial charge < -0.3 is 8.83 Å². The molecule has 0 aliphatic carbocycles. The zero-order valence-electron chi connectivity index (χ0n) is 12.9. The quantitative estimate of drug-likeness (QED) is 0.561. The van der Waals surface area contributed by atoms with Crippen molar-refractivity contribution in [1.82, 2.24) is 0 Å². The van der Waals surface area contributed by atoms with Crippen LogP contribution in [0.1, 0.15) is 17.0 Å². The maximum atomic E-state index is 12.7. The van der Waals surface area contributed by atoms with Crippen molar-refractivity contribution in [3.8, 4) is 6.07 Å². The van der Waals surface area contributed by atoms with E-state index in [1.54, 1.807) is 48.5 Å². The second-order valence-corrected chi connectivity index (χ2v) is 5.59. The Kier molecular flexibility index (Phi) is 3.44. The molecule has 0 saturated carbocycles. The second kappa shape index (κ2) is 5.77. The SMILES string of the molecule is N#CC(c1coc2ccccc2c1=O)c1coc2ccccc2c1=O. The van der Waals surface area contributed by atoms with E-state index in [0.717, 1.165) is 0 Å². The monoisotopic (exact) mass is 329 g/mol. The molecule has 5 nitrogen and oxygen atoms in total. The third-order valence-electron chi connectivity index (χ3n) is 4.16. The highest BCUT2D eigenvalue weighted by Crippen LogP contribution is 2.23. The van der Waals surface area contributed by atoms with Gasteiger partial charge in [0, 0.05) is 0 Å². The van der Waals surface area contributed by atoms with Crippen molar-refractivity contribution in [2.45, 2.75) is 5.92 Å². The third kappa shape index (κ3) is 2.32. The van der Waals surface area contributed by atoms with Gasteiger partial charge in [0.15, 0.2) is 10.9 Å². The lowest BCUT2D eigenvalue weighted by Gasteiger charge is -2.09. The molecule has 0 unspecified atom stereocenters. The lowest BCUT2D eigenvalue weighted by atomic mass is 9.93. The van der Waals surface area contributed by atoms with Crippen molar-refractivity contribution in [2.75, 3.05) is 0 Å². The molecule has 2 aromatic carbocycles. The normalized spacial score (nSPS) is 11.0. The zero-order chi connectivity index (χ0) is 17.4. The summed E-state index contributed by atoms with van der Waals surface area (Å²) in [5.41, 5.74) is 0.423. The summed E-state index contributed by atoms with van der Waals surface area (Å²) in [7, 11) is 0. The molecule has 2 heterocycles. The average Bonchev–Trinajstić information content (AvgIpc) is 2.66. The Labute approximate surface area is 141 Å². The molecule has 2 aromatic heterocycles. The highest BCUT2D eigenvalue weighted by Gasteiger charge is 2.23. The Hall–Kier alpha value is -3.65. The predicted octanol–water partition coefficient (Wildman–Crippen LogP) is 3.55. The lowest BCUT2D eigenvalue weighted by molar-refractivity contribution is 0.581. The second-order valence-electron chi connectivity index (χ2n) is 5.59. The minimum atomic E-state index is -1.07. The number of benzene rings is 2. The van der Waals surface area contributed by atoms with Crippen molar-refractivity contribution in [3.63, 3.8) is 0 Å². The Balaban J connectivity index is 1.97. The molecule has 120 valence electrons. The number of para-hydroxylation sites is 2. The van der Waals surface area contributed by atoms with E-state index in [2.05, 4.69) is 0 Å². The Morgan fingerprint density at radius 1 is 0.760 bits per heavy atom. The molecule has 25 heavy (non-hydrogen) atoms. The van der Waals surface area contributed by atoms with E-state index in [0.29, 0.717) is 21.9 Å². The molecule has 0 saturated heterocycles. The molecule has 0 aliphatic heterocycles. The molecule has 0 radical (unpaired) electrons. The van der Waals surface area contributed by atoms with Crippen LogP contribution in [0.3, 0.4) is 0 Å². The molecule has 0 amide bonds. The van der Waals surface area contributed by atoms with Crippen molar-refractivity contribution >= 4 is 21.9 Å². The van der Waals surface area contributed by atoms with E-state index in [4.69, 9.17) is 8.83 Å². The number of rotatable bonds is 2. The van der Waals surface area contributed by atoms with Crippen LogP contribution >= 0.6 is 0 Å². The van der Waals surface area contributed by atoms with Crippen LogP contribution in [0.4, 0.5) is 0 Å². The molecule has 0 fully saturated rings. The van der Waals surface area contributed by atoms with Crippen LogP contribution in [0, 0.1) is 11.3 Å². The summed E-state index contributed by atoms with van der Waals surface area (Å²) in [4.78, 5) is 25.5. The summed E-state index contributed by atoms with van der Waals surface area (Å²) in [6.07, 6.45) is 2.49. The van der Waals surface area contributed by atoms with Gasteiger partial charge in [-0.25, -0.2) is 0 Å². The highest BCUT2D eigenvalue weighted by atomic mass is 16.3. The Morgan fingerprint density at radius 2 is 1.20 bits per heavy atom. The number of fused-ring (bicyclic) bond motifs is 2. The highest BCUT2D eigenvalue weighted by molar-refractivity contribution is 5.78. The fraction of sp³-hybridized carbons (Fsp3) is 0.0500. The van der Waals surface area contributed by atoms with Crippen LogP contribution in [0.2, 0.25) is 0 Å². The molecule has 0 atom stereocenters. The Bertz CT molecular complexity index is 1170. The summed E-state index contributed by atoms with van der Waals surface area (Å²) < 4.78 is 10.9. The summed E-state index contributed by atoms with van der Waals surface area (Å²) >= 11 is 0. The largest absolute Gasteiger partial charge is 0.464 e. The van der Waals surface area contributed by atoms with E-state index in [9.17, 15) is 14.9 Å². The van der Waals surface area contributed by atoms with Crippen LogP contribution in [0.5, 0.6) is 0 Å². The molecule has 0 spiro atoms. The lowest BCUT2D eigenvalue weighted by Crippen LogP contribution is -2.19. The van der Waals surface area contributed by atoms with Crippen molar-refractivity contribution in [3.05, 3.63) is 92.6 Å². The van der Waals surface area contributed by atoms with E-state index >= 15 is 0 Å². The Morgan fingerprint density at radius 3 is 1.64 bits per heavy atom. The van der Waals surface area contributed by atoms with Gasteiger partial charge in [-0.1, -0.05) is 24.3 Å². The van der Waals surface area contributed by atoms with E-state index in [1.165, 1.54) is 12.5 Å². The average molecular weight is 329 g/mol. The van der Waals surface area contributed by atoms with Gasteiger partial charge in [0.25, 0.3) is 0 Å². The van der Waals surface area contributed by atoms with E-state index < -0.39 is 5.92 Å². The minimum Gasteiger partial charge on any atom is -0.464 e. The molecule has 4 aromatic rings. The first kappa shape index (κ1) is 14.9. The first-order chi connectivity index (χ1) is 12.2. The van der Waals surface area contributed by atoms with Gasteiger partial charge in [0.05, 0.1) is 40.5 Å². The summed E-state index contributed by atoms with van der Waals surface area (Å²) in [6.45, 7) is 0. The molecule has 0 bridgehead atoms. The molecule has 0 aliphatic rings. The van der Waals surface area contributed by atoms with Crippen molar-refractivity contribution in [2.24, 2.45) is 0 Å². The van der Waals surface area contributed by atoms with E-state index in [1.807, 2.05) is 6.07 Å². The maximum absolute atomic E-state index is 12.7. The van der Waals surface area contributed by atoms with Crippen LogP contribution < -0.4 is 10.9 Å². The maximum Gasteiger partial charge on any atom is 0.197 e. The fourth-order valence-electron chi connectivity index (χ4n) is 2.89. The fourth-order valence-corrected chi connectivity index (χ4v) is 2.89. The van der Waals surface area contributed by atoms with Gasteiger partial charge in [-0.05, 0) is 24.3 Å². The van der Waals surface area contributed by atoms with Crippen LogP contribution in [0.15, 0.2) is 79.5 Å². The summed E-state index contributed by atoms with van der Waals surface area (Å²) in [5, 5.41) is 10.3. The van der Waals surface area contributed by atoms with Crippen LogP contribution in [-0.2, 0) is 0 Å². The number of nitrogens with zero attached hydrogens (tertiary/aromatic N) is 1. The summed E-state index contributed by atoms with van der Waals surface area (Å²) in [6, 6.07) is 15.6. The predicted molar refractivity (Wildman–Crippen MR) is 92.4 cm³/mol. The van der Waals surface area contributed by atoms with Crippen LogP contribution in [0.25, 0.3) is 21.9 Å². The van der Waals surface area contributed by atoms with Gasteiger partial charge in [-0.2, -0.15) is 5.26 Å². The number of hydrogen-bond acceptors (Lipinski definition) is 5. The van der Waals surface area contributed by atoms with Gasteiger partial charge in [0.2, 0.25) is 0 Å². The standard InChI is InChI=1S/C20H11NO4/c21-9-14(15-10-24-17-7-3-1-5-12(17)19(15)22)16-11-25-18-8-4-2-6-13(18)20(16)23/h1-8,10-11,14H. The number of nitriles is 1. The smallest absolute Gasteiger partial charge is 0.197 e. The van der Waals surface area contributed by atoms with E-state index in [-0.39, 0.29) is 22.0 Å². The van der Waals surface area contributed by atoms with Crippen molar-refractivity contribution in [1.29, 1.82) is 5.26 Å². The zero-order valence-corrected chi connectivity index (χ0v) is 12.9. The van der Waals surface area contributed by atoms with Gasteiger partial charge in [-0.3, -0.25) is 9.59 Å². The van der Waals surface area contributed by atoms with Crippen molar-refractivity contribution < 1.29 is 8.83 Å². The van der Waals surface area contributed by atoms with Crippen LogP contribution in [-0.4, -0.2) is 0 Å². The number of hydrogen-bond donors (Lipinski definition) is 0. The molecular weight excluding hydrogens is 318 g/mol. The molecule has 4 rings (SSSR count). The van der Waals surface area contributed by atoms with Gasteiger partial charge in [0.1, 0.15) is 17.1 Å².